The number of anilines is 1. The Bertz CT molecular complexity index is 411. The average molecular weight is 262 g/mol. The van der Waals surface area contributed by atoms with E-state index in [0.29, 0.717) is 0 Å². The highest BCUT2D eigenvalue weighted by molar-refractivity contribution is 5.46. The van der Waals surface area contributed by atoms with Gasteiger partial charge in [0.1, 0.15) is 11.6 Å². The minimum atomic E-state index is 0.721. The standard InChI is InChI=1S/C15H26N4/c1-4-13-11(3)15(19-14(5-2)18-13)17-10-12-7-6-8-16-9-12/h12,16H,4-10H2,1-3H3,(H,17,18,19). The monoisotopic (exact) mass is 262 g/mol. The van der Waals surface area contributed by atoms with Crippen molar-refractivity contribution in [2.24, 2.45) is 5.92 Å². The first-order valence-electron chi connectivity index (χ1n) is 7.55. The molecule has 1 aliphatic heterocycles. The normalized spacial score (nSPS) is 19.4. The summed E-state index contributed by atoms with van der Waals surface area (Å²) in [5.74, 6) is 2.71. The van der Waals surface area contributed by atoms with Gasteiger partial charge in [0.15, 0.2) is 0 Å². The topological polar surface area (TPSA) is 49.8 Å². The van der Waals surface area contributed by atoms with E-state index >= 15 is 0 Å². The molecular weight excluding hydrogens is 236 g/mol. The summed E-state index contributed by atoms with van der Waals surface area (Å²) in [5.41, 5.74) is 2.39. The number of nitrogens with zero attached hydrogens (tertiary/aromatic N) is 2. The first-order chi connectivity index (χ1) is 9.24. The van der Waals surface area contributed by atoms with E-state index in [4.69, 9.17) is 0 Å². The number of hydrogen-bond acceptors (Lipinski definition) is 4. The third-order valence-electron chi connectivity index (χ3n) is 3.90. The van der Waals surface area contributed by atoms with Crippen molar-refractivity contribution in [3.05, 3.63) is 17.1 Å². The van der Waals surface area contributed by atoms with Gasteiger partial charge in [-0.2, -0.15) is 0 Å². The Labute approximate surface area is 116 Å². The number of aromatic nitrogens is 2. The van der Waals surface area contributed by atoms with Gasteiger partial charge in [-0.15, -0.1) is 0 Å². The number of rotatable bonds is 5. The maximum atomic E-state index is 4.64. The molecule has 1 fully saturated rings. The second-order valence-electron chi connectivity index (χ2n) is 5.36. The summed E-state index contributed by atoms with van der Waals surface area (Å²) >= 11 is 0. The van der Waals surface area contributed by atoms with Crippen LogP contribution in [0, 0.1) is 12.8 Å². The highest BCUT2D eigenvalue weighted by atomic mass is 15.0. The minimum Gasteiger partial charge on any atom is -0.369 e. The predicted molar refractivity (Wildman–Crippen MR) is 79.6 cm³/mol. The lowest BCUT2D eigenvalue weighted by Gasteiger charge is -2.23. The van der Waals surface area contributed by atoms with Gasteiger partial charge in [0.2, 0.25) is 0 Å². The molecule has 106 valence electrons. The van der Waals surface area contributed by atoms with Crippen LogP contribution in [0.1, 0.15) is 43.8 Å². The summed E-state index contributed by atoms with van der Waals surface area (Å²) in [6.07, 6.45) is 4.47. The first kappa shape index (κ1) is 14.3. The van der Waals surface area contributed by atoms with Crippen LogP contribution in [-0.2, 0) is 12.8 Å². The molecule has 0 amide bonds. The highest BCUT2D eigenvalue weighted by Crippen LogP contribution is 2.18. The molecule has 4 nitrogen and oxygen atoms in total. The molecule has 1 aliphatic rings. The van der Waals surface area contributed by atoms with Crippen molar-refractivity contribution in [3.8, 4) is 0 Å². The van der Waals surface area contributed by atoms with Crippen molar-refractivity contribution in [2.45, 2.75) is 46.5 Å². The lowest BCUT2D eigenvalue weighted by atomic mass is 10.00. The molecule has 4 heteroatoms. The van der Waals surface area contributed by atoms with Gasteiger partial charge >= 0.3 is 0 Å². The Morgan fingerprint density at radius 1 is 1.26 bits per heavy atom. The van der Waals surface area contributed by atoms with Gasteiger partial charge in [-0.05, 0) is 45.2 Å². The number of aryl methyl sites for hydroxylation is 2. The molecule has 0 aromatic carbocycles. The fraction of sp³-hybridized carbons (Fsp3) is 0.733. The van der Waals surface area contributed by atoms with Gasteiger partial charge in [-0.1, -0.05) is 13.8 Å². The van der Waals surface area contributed by atoms with E-state index in [9.17, 15) is 0 Å². The summed E-state index contributed by atoms with van der Waals surface area (Å²) in [7, 11) is 0. The smallest absolute Gasteiger partial charge is 0.132 e. The molecule has 2 rings (SSSR count). The van der Waals surface area contributed by atoms with Crippen LogP contribution in [0.3, 0.4) is 0 Å². The van der Waals surface area contributed by atoms with Crippen molar-refractivity contribution in [1.82, 2.24) is 15.3 Å². The Morgan fingerprint density at radius 2 is 2.11 bits per heavy atom. The lowest BCUT2D eigenvalue weighted by molar-refractivity contribution is 0.392. The first-order valence-corrected chi connectivity index (χ1v) is 7.55. The van der Waals surface area contributed by atoms with Crippen LogP contribution in [0.5, 0.6) is 0 Å². The Hall–Kier alpha value is -1.16. The van der Waals surface area contributed by atoms with Crippen LogP contribution in [0.2, 0.25) is 0 Å². The van der Waals surface area contributed by atoms with Crippen LogP contribution in [0.4, 0.5) is 5.82 Å². The van der Waals surface area contributed by atoms with Crippen molar-refractivity contribution in [3.63, 3.8) is 0 Å². The average Bonchev–Trinajstić information content (AvgIpc) is 2.47. The summed E-state index contributed by atoms with van der Waals surface area (Å²) in [6, 6.07) is 0. The Balaban J connectivity index is 2.05. The Kier molecular flexibility index (Phi) is 5.14. The molecule has 0 saturated carbocycles. The number of hydrogen-bond donors (Lipinski definition) is 2. The van der Waals surface area contributed by atoms with E-state index in [1.54, 1.807) is 0 Å². The number of piperidine rings is 1. The third-order valence-corrected chi connectivity index (χ3v) is 3.90. The molecule has 2 N–H and O–H groups in total. The van der Waals surface area contributed by atoms with Crippen molar-refractivity contribution in [2.75, 3.05) is 25.0 Å². The third kappa shape index (κ3) is 3.66. The maximum absolute atomic E-state index is 4.64. The van der Waals surface area contributed by atoms with Crippen molar-refractivity contribution >= 4 is 5.82 Å². The SMILES string of the molecule is CCc1nc(CC)c(C)c(NCC2CCCNC2)n1. The van der Waals surface area contributed by atoms with Crippen LogP contribution in [-0.4, -0.2) is 29.6 Å². The van der Waals surface area contributed by atoms with E-state index in [0.717, 1.165) is 43.5 Å². The summed E-state index contributed by atoms with van der Waals surface area (Å²) < 4.78 is 0. The van der Waals surface area contributed by atoms with E-state index < -0.39 is 0 Å². The fourth-order valence-electron chi connectivity index (χ4n) is 2.63. The molecule has 0 aliphatic carbocycles. The van der Waals surface area contributed by atoms with E-state index in [2.05, 4.69) is 41.4 Å². The number of nitrogens with one attached hydrogen (secondary N) is 2. The van der Waals surface area contributed by atoms with Gasteiger partial charge in [-0.25, -0.2) is 9.97 Å². The van der Waals surface area contributed by atoms with Gasteiger partial charge in [0.05, 0.1) is 0 Å². The molecule has 2 heterocycles. The molecule has 1 atom stereocenters. The molecule has 0 bridgehead atoms. The van der Waals surface area contributed by atoms with E-state index in [1.165, 1.54) is 30.6 Å². The minimum absolute atomic E-state index is 0.721. The lowest BCUT2D eigenvalue weighted by Crippen LogP contribution is -2.33. The summed E-state index contributed by atoms with van der Waals surface area (Å²) in [4.78, 5) is 9.24. The highest BCUT2D eigenvalue weighted by Gasteiger charge is 2.14. The largest absolute Gasteiger partial charge is 0.369 e. The Morgan fingerprint density at radius 3 is 2.74 bits per heavy atom. The van der Waals surface area contributed by atoms with E-state index in [-0.39, 0.29) is 0 Å². The second kappa shape index (κ2) is 6.85. The predicted octanol–water partition coefficient (Wildman–Crippen LogP) is 2.32. The molecule has 1 aromatic heterocycles. The molecule has 19 heavy (non-hydrogen) atoms. The second-order valence-corrected chi connectivity index (χ2v) is 5.36. The molecule has 0 radical (unpaired) electrons. The molecule has 0 spiro atoms. The van der Waals surface area contributed by atoms with E-state index in [1.807, 2.05) is 0 Å². The summed E-state index contributed by atoms with van der Waals surface area (Å²) in [5, 5.41) is 7.00. The van der Waals surface area contributed by atoms with Gasteiger partial charge < -0.3 is 10.6 Å². The van der Waals surface area contributed by atoms with Crippen LogP contribution < -0.4 is 10.6 Å². The summed E-state index contributed by atoms with van der Waals surface area (Å²) in [6.45, 7) is 9.70. The molecular formula is C15H26N4. The fourth-order valence-corrected chi connectivity index (χ4v) is 2.63. The van der Waals surface area contributed by atoms with Crippen LogP contribution in [0.25, 0.3) is 0 Å². The van der Waals surface area contributed by atoms with Crippen molar-refractivity contribution in [1.29, 1.82) is 0 Å². The van der Waals surface area contributed by atoms with Gasteiger partial charge in [0.25, 0.3) is 0 Å². The zero-order chi connectivity index (χ0) is 13.7. The van der Waals surface area contributed by atoms with Gasteiger partial charge in [-0.3, -0.25) is 0 Å². The molecule has 1 unspecified atom stereocenters. The zero-order valence-corrected chi connectivity index (χ0v) is 12.4. The maximum Gasteiger partial charge on any atom is 0.132 e. The van der Waals surface area contributed by atoms with Crippen LogP contribution >= 0.6 is 0 Å². The van der Waals surface area contributed by atoms with Crippen molar-refractivity contribution < 1.29 is 0 Å². The zero-order valence-electron chi connectivity index (χ0n) is 12.4. The quantitative estimate of drug-likeness (QED) is 0.855. The molecule has 1 aromatic rings. The molecule has 1 saturated heterocycles. The van der Waals surface area contributed by atoms with Crippen LogP contribution in [0.15, 0.2) is 0 Å². The van der Waals surface area contributed by atoms with Gasteiger partial charge in [0, 0.05) is 24.2 Å².